The molecule has 1 aromatic carbocycles. The Bertz CT molecular complexity index is 1070. The van der Waals surface area contributed by atoms with Crippen molar-refractivity contribution in [3.05, 3.63) is 67.0 Å². The lowest BCUT2D eigenvalue weighted by molar-refractivity contribution is -0.133. The lowest BCUT2D eigenvalue weighted by Gasteiger charge is -2.41. The first-order chi connectivity index (χ1) is 16.6. The van der Waals surface area contributed by atoms with Crippen molar-refractivity contribution in [2.75, 3.05) is 26.2 Å². The van der Waals surface area contributed by atoms with Crippen molar-refractivity contribution >= 4 is 5.91 Å². The first kappa shape index (κ1) is 22.5. The van der Waals surface area contributed by atoms with E-state index in [9.17, 15) is 9.18 Å². The molecule has 2 saturated heterocycles. The Morgan fingerprint density at radius 3 is 2.35 bits per heavy atom. The molecule has 2 aromatic heterocycles. The van der Waals surface area contributed by atoms with Crippen LogP contribution >= 0.6 is 0 Å². The highest BCUT2D eigenvalue weighted by molar-refractivity contribution is 5.76. The molecule has 1 amide bonds. The van der Waals surface area contributed by atoms with Gasteiger partial charge < -0.3 is 9.64 Å². The number of piperidine rings is 2. The van der Waals surface area contributed by atoms with Crippen molar-refractivity contribution in [1.82, 2.24) is 24.6 Å². The summed E-state index contributed by atoms with van der Waals surface area (Å²) in [6.45, 7) is 3.86. The number of pyridine rings is 1. The van der Waals surface area contributed by atoms with E-state index in [-0.39, 0.29) is 24.4 Å². The predicted octanol–water partition coefficient (Wildman–Crippen LogP) is 3.62. The van der Waals surface area contributed by atoms with Crippen molar-refractivity contribution in [2.45, 2.75) is 44.4 Å². The molecule has 3 aromatic rings. The highest BCUT2D eigenvalue weighted by Gasteiger charge is 2.30. The van der Waals surface area contributed by atoms with Crippen LogP contribution in [0.3, 0.4) is 0 Å². The number of nitrogens with zero attached hydrogens (tertiary/aromatic N) is 5. The van der Waals surface area contributed by atoms with Crippen molar-refractivity contribution in [2.24, 2.45) is 0 Å². The second-order valence-corrected chi connectivity index (χ2v) is 9.08. The van der Waals surface area contributed by atoms with Gasteiger partial charge in [0.15, 0.2) is 0 Å². The van der Waals surface area contributed by atoms with E-state index in [1.54, 1.807) is 35.4 Å². The van der Waals surface area contributed by atoms with Crippen molar-refractivity contribution < 1.29 is 13.9 Å². The summed E-state index contributed by atoms with van der Waals surface area (Å²) < 4.78 is 20.9. The summed E-state index contributed by atoms with van der Waals surface area (Å²) in [5.41, 5.74) is 1.76. The zero-order chi connectivity index (χ0) is 23.3. The van der Waals surface area contributed by atoms with Crippen LogP contribution in [0.1, 0.15) is 25.7 Å². The zero-order valence-electron chi connectivity index (χ0n) is 19.2. The van der Waals surface area contributed by atoms with E-state index < -0.39 is 0 Å². The van der Waals surface area contributed by atoms with E-state index in [0.29, 0.717) is 6.04 Å². The van der Waals surface area contributed by atoms with E-state index >= 15 is 0 Å². The number of aromatic nitrogens is 3. The Labute approximate surface area is 199 Å². The van der Waals surface area contributed by atoms with Crippen LogP contribution < -0.4 is 4.74 Å². The second kappa shape index (κ2) is 10.3. The highest BCUT2D eigenvalue weighted by atomic mass is 19.1. The van der Waals surface area contributed by atoms with Gasteiger partial charge in [-0.15, -0.1) is 0 Å². The van der Waals surface area contributed by atoms with Gasteiger partial charge >= 0.3 is 0 Å². The SMILES string of the molecule is O=C(Cn1cc(-c2ccc(F)cc2)cn1)N1CCC(N2CCC(Oc3ccncc3)CC2)CC1. The summed E-state index contributed by atoms with van der Waals surface area (Å²) in [5, 5.41) is 4.33. The molecule has 2 fully saturated rings. The third kappa shape index (κ3) is 5.44. The highest BCUT2D eigenvalue weighted by Crippen LogP contribution is 2.24. The molecule has 0 unspecified atom stereocenters. The number of carbonyl (C=O) groups is 1. The molecule has 34 heavy (non-hydrogen) atoms. The molecule has 7 nitrogen and oxygen atoms in total. The molecular weight excluding hydrogens is 433 g/mol. The molecular formula is C26H30FN5O2. The average molecular weight is 464 g/mol. The number of benzene rings is 1. The van der Waals surface area contributed by atoms with Gasteiger partial charge in [0.25, 0.3) is 0 Å². The van der Waals surface area contributed by atoms with Crippen molar-refractivity contribution in [3.8, 4) is 16.9 Å². The first-order valence-corrected chi connectivity index (χ1v) is 12.0. The first-order valence-electron chi connectivity index (χ1n) is 12.0. The Morgan fingerprint density at radius 2 is 1.65 bits per heavy atom. The normalized spacial score (nSPS) is 18.2. The summed E-state index contributed by atoms with van der Waals surface area (Å²) in [7, 11) is 0. The van der Waals surface area contributed by atoms with Gasteiger partial charge in [0.05, 0.1) is 6.20 Å². The fourth-order valence-corrected chi connectivity index (χ4v) is 4.93. The molecule has 0 bridgehead atoms. The number of hydrogen-bond acceptors (Lipinski definition) is 5. The number of rotatable bonds is 6. The molecule has 5 rings (SSSR count). The Kier molecular flexibility index (Phi) is 6.85. The zero-order valence-corrected chi connectivity index (χ0v) is 19.2. The van der Waals surface area contributed by atoms with Gasteiger partial charge in [-0.3, -0.25) is 19.4 Å². The molecule has 178 valence electrons. The van der Waals surface area contributed by atoms with Crippen LogP contribution in [0.2, 0.25) is 0 Å². The molecule has 0 N–H and O–H groups in total. The number of carbonyl (C=O) groups excluding carboxylic acids is 1. The minimum absolute atomic E-state index is 0.0941. The fraction of sp³-hybridized carbons (Fsp3) is 0.423. The summed E-state index contributed by atoms with van der Waals surface area (Å²) in [5.74, 6) is 0.719. The van der Waals surface area contributed by atoms with Crippen molar-refractivity contribution in [3.63, 3.8) is 0 Å². The van der Waals surface area contributed by atoms with E-state index in [4.69, 9.17) is 4.74 Å². The quantitative estimate of drug-likeness (QED) is 0.559. The number of ether oxygens (including phenoxy) is 1. The minimum atomic E-state index is -0.266. The Hall–Kier alpha value is -3.26. The van der Waals surface area contributed by atoms with Crippen LogP contribution in [0.25, 0.3) is 11.1 Å². The van der Waals surface area contributed by atoms with Gasteiger partial charge in [-0.25, -0.2) is 4.39 Å². The van der Waals surface area contributed by atoms with E-state index in [1.807, 2.05) is 23.2 Å². The van der Waals surface area contributed by atoms with E-state index in [2.05, 4.69) is 15.0 Å². The van der Waals surface area contributed by atoms with Gasteiger partial charge in [-0.2, -0.15) is 5.10 Å². The molecule has 4 heterocycles. The molecule has 2 aliphatic rings. The maximum Gasteiger partial charge on any atom is 0.244 e. The van der Waals surface area contributed by atoms with Gasteiger partial charge in [0.2, 0.25) is 5.91 Å². The number of likely N-dealkylation sites (tertiary alicyclic amines) is 2. The Balaban J connectivity index is 1.06. The summed E-state index contributed by atoms with van der Waals surface area (Å²) in [4.78, 5) is 21.4. The maximum absolute atomic E-state index is 13.1. The molecule has 0 radical (unpaired) electrons. The number of halogens is 1. The summed E-state index contributed by atoms with van der Waals surface area (Å²) in [6.07, 6.45) is 11.4. The van der Waals surface area contributed by atoms with E-state index in [0.717, 1.165) is 68.7 Å². The van der Waals surface area contributed by atoms with Crippen LogP contribution in [0, 0.1) is 5.82 Å². The standard InChI is InChI=1S/C26H30FN5O2/c27-22-3-1-20(2-4-22)21-17-29-32(18-21)19-26(33)31-13-7-23(8-14-31)30-15-9-25(10-16-30)34-24-5-11-28-12-6-24/h1-6,11-12,17-18,23,25H,7-10,13-16,19H2. The minimum Gasteiger partial charge on any atom is -0.490 e. The van der Waals surface area contributed by atoms with Crippen LogP contribution in [0.5, 0.6) is 5.75 Å². The van der Waals surface area contributed by atoms with Gasteiger partial charge in [-0.05, 0) is 55.5 Å². The molecule has 2 aliphatic heterocycles. The third-order valence-corrected chi connectivity index (χ3v) is 6.87. The molecule has 0 atom stereocenters. The smallest absolute Gasteiger partial charge is 0.244 e. The van der Waals surface area contributed by atoms with Gasteiger partial charge in [-0.1, -0.05) is 12.1 Å². The average Bonchev–Trinajstić information content (AvgIpc) is 3.34. The maximum atomic E-state index is 13.1. The summed E-state index contributed by atoms with van der Waals surface area (Å²) in [6, 6.07) is 10.6. The largest absolute Gasteiger partial charge is 0.490 e. The number of amides is 1. The molecule has 0 spiro atoms. The lowest BCUT2D eigenvalue weighted by atomic mass is 9.98. The van der Waals surface area contributed by atoms with Crippen LogP contribution in [-0.2, 0) is 11.3 Å². The van der Waals surface area contributed by atoms with Gasteiger partial charge in [0, 0.05) is 56.4 Å². The monoisotopic (exact) mass is 463 g/mol. The Morgan fingerprint density at radius 1 is 0.941 bits per heavy atom. The van der Waals surface area contributed by atoms with E-state index in [1.165, 1.54) is 12.1 Å². The third-order valence-electron chi connectivity index (χ3n) is 6.87. The number of hydrogen-bond donors (Lipinski definition) is 0. The van der Waals surface area contributed by atoms with Crippen LogP contribution in [0.15, 0.2) is 61.2 Å². The molecule has 0 aliphatic carbocycles. The van der Waals surface area contributed by atoms with Crippen molar-refractivity contribution in [1.29, 1.82) is 0 Å². The topological polar surface area (TPSA) is 63.5 Å². The molecule has 0 saturated carbocycles. The molecule has 8 heteroatoms. The van der Waals surface area contributed by atoms with Crippen LogP contribution in [0.4, 0.5) is 4.39 Å². The lowest BCUT2D eigenvalue weighted by Crippen LogP contribution is -2.50. The summed E-state index contributed by atoms with van der Waals surface area (Å²) >= 11 is 0. The van der Waals surface area contributed by atoms with Crippen LogP contribution in [-0.4, -0.2) is 68.8 Å². The second-order valence-electron chi connectivity index (χ2n) is 9.08. The predicted molar refractivity (Wildman–Crippen MR) is 127 cm³/mol. The van der Waals surface area contributed by atoms with Gasteiger partial charge in [0.1, 0.15) is 24.2 Å². The fourth-order valence-electron chi connectivity index (χ4n) is 4.93.